The highest BCUT2D eigenvalue weighted by Crippen LogP contribution is 2.20. The molecule has 0 bridgehead atoms. The smallest absolute Gasteiger partial charge is 0.303 e. The largest absolute Gasteiger partial charge is 0.481 e. The van der Waals surface area contributed by atoms with E-state index in [1.165, 1.54) is 5.56 Å². The summed E-state index contributed by atoms with van der Waals surface area (Å²) < 4.78 is 26.2. The maximum Gasteiger partial charge on any atom is 0.303 e. The second kappa shape index (κ2) is 6.23. The lowest BCUT2D eigenvalue weighted by Crippen LogP contribution is -2.24. The topological polar surface area (TPSA) is 95.5 Å². The van der Waals surface area contributed by atoms with Crippen molar-refractivity contribution in [3.05, 3.63) is 29.3 Å². The van der Waals surface area contributed by atoms with Crippen LogP contribution in [0, 0.1) is 0 Å². The molecule has 1 aliphatic heterocycles. The van der Waals surface area contributed by atoms with Crippen LogP contribution in [0.15, 0.2) is 18.2 Å². The molecule has 1 aromatic rings. The van der Waals surface area contributed by atoms with Crippen molar-refractivity contribution < 1.29 is 18.3 Å². The molecule has 0 radical (unpaired) electrons. The zero-order chi connectivity index (χ0) is 14.6. The van der Waals surface area contributed by atoms with Crippen molar-refractivity contribution in [3.63, 3.8) is 0 Å². The third-order valence-electron chi connectivity index (χ3n) is 3.17. The fourth-order valence-corrected chi connectivity index (χ4v) is 3.30. The first-order valence-corrected chi connectivity index (χ1v) is 8.16. The van der Waals surface area contributed by atoms with E-state index in [-0.39, 0.29) is 18.6 Å². The Balaban J connectivity index is 2.00. The Bertz CT molecular complexity index is 598. The average molecular weight is 298 g/mol. The summed E-state index contributed by atoms with van der Waals surface area (Å²) in [6.45, 7) is 1.68. The summed E-state index contributed by atoms with van der Waals surface area (Å²) in [7, 11) is -3.49. The van der Waals surface area contributed by atoms with Gasteiger partial charge in [0.2, 0.25) is 10.0 Å². The predicted octanol–water partition coefficient (Wildman–Crippen LogP) is 0.939. The number of hydrogen-bond donors (Lipinski definition) is 3. The van der Waals surface area contributed by atoms with Crippen LogP contribution in [0.5, 0.6) is 0 Å². The van der Waals surface area contributed by atoms with E-state index in [2.05, 4.69) is 10.0 Å². The van der Waals surface area contributed by atoms with Crippen molar-refractivity contribution in [3.8, 4) is 0 Å². The minimum Gasteiger partial charge on any atom is -0.481 e. The number of rotatable bonds is 6. The molecule has 20 heavy (non-hydrogen) atoms. The monoisotopic (exact) mass is 298 g/mol. The van der Waals surface area contributed by atoms with E-state index in [1.54, 1.807) is 6.07 Å². The van der Waals surface area contributed by atoms with Gasteiger partial charge in [-0.2, -0.15) is 0 Å². The minimum atomic E-state index is -3.49. The third kappa shape index (κ3) is 4.21. The fourth-order valence-electron chi connectivity index (χ4n) is 2.19. The molecule has 0 fully saturated rings. The molecule has 0 amide bonds. The highest BCUT2D eigenvalue weighted by Gasteiger charge is 2.14. The molecular formula is C13H18N2O4S. The molecule has 0 saturated carbocycles. The molecule has 0 unspecified atom stereocenters. The first-order valence-electron chi connectivity index (χ1n) is 6.51. The van der Waals surface area contributed by atoms with Crippen LogP contribution in [0.2, 0.25) is 0 Å². The molecule has 1 aromatic carbocycles. The maximum absolute atomic E-state index is 11.8. The summed E-state index contributed by atoms with van der Waals surface area (Å²) in [5.41, 5.74) is 2.86. The van der Waals surface area contributed by atoms with Crippen molar-refractivity contribution in [1.29, 1.82) is 0 Å². The van der Waals surface area contributed by atoms with Gasteiger partial charge in [-0.25, -0.2) is 8.42 Å². The number of sulfonamides is 1. The summed E-state index contributed by atoms with van der Waals surface area (Å²) in [5, 5.41) is 11.7. The molecule has 0 saturated heterocycles. The van der Waals surface area contributed by atoms with Crippen molar-refractivity contribution >= 4 is 21.7 Å². The van der Waals surface area contributed by atoms with Crippen molar-refractivity contribution in [1.82, 2.24) is 5.32 Å². The maximum atomic E-state index is 11.8. The average Bonchev–Trinajstić information content (AvgIpc) is 2.37. The number of carboxylic acids is 1. The summed E-state index contributed by atoms with van der Waals surface area (Å²) in [6, 6.07) is 5.51. The number of benzene rings is 1. The van der Waals surface area contributed by atoms with Crippen molar-refractivity contribution in [2.75, 3.05) is 17.0 Å². The Hall–Kier alpha value is -1.60. The Labute approximate surface area is 118 Å². The molecule has 0 aliphatic carbocycles. The van der Waals surface area contributed by atoms with E-state index >= 15 is 0 Å². The quantitative estimate of drug-likeness (QED) is 0.726. The molecule has 0 atom stereocenters. The molecule has 7 heteroatoms. The summed E-state index contributed by atoms with van der Waals surface area (Å²) in [6.07, 6.45) is 0.910. The Morgan fingerprint density at radius 1 is 1.35 bits per heavy atom. The number of hydrogen-bond acceptors (Lipinski definition) is 4. The van der Waals surface area contributed by atoms with Gasteiger partial charge >= 0.3 is 5.97 Å². The normalized spacial score (nSPS) is 14.6. The van der Waals surface area contributed by atoms with Crippen LogP contribution in [0.25, 0.3) is 0 Å². The van der Waals surface area contributed by atoms with Gasteiger partial charge in [-0.1, -0.05) is 6.07 Å². The zero-order valence-electron chi connectivity index (χ0n) is 11.1. The van der Waals surface area contributed by atoms with E-state index in [0.29, 0.717) is 5.69 Å². The number of carboxylic acid groups (broad SMARTS) is 1. The van der Waals surface area contributed by atoms with E-state index < -0.39 is 16.0 Å². The molecule has 1 aliphatic rings. The van der Waals surface area contributed by atoms with Crippen LogP contribution in [-0.4, -0.2) is 31.8 Å². The molecule has 0 spiro atoms. The lowest BCUT2D eigenvalue weighted by atomic mass is 10.0. The molecule has 2 rings (SSSR count). The second-order valence-corrected chi connectivity index (χ2v) is 6.67. The van der Waals surface area contributed by atoms with Gasteiger partial charge in [0, 0.05) is 18.7 Å². The lowest BCUT2D eigenvalue weighted by Gasteiger charge is -2.18. The zero-order valence-corrected chi connectivity index (χ0v) is 11.9. The SMILES string of the molecule is O=C(O)CCCS(=O)(=O)Nc1ccc2c(c1)CNCC2. The van der Waals surface area contributed by atoms with Crippen LogP contribution in [-0.2, 0) is 27.8 Å². The standard InChI is InChI=1S/C13H18N2O4S/c16-13(17)2-1-7-20(18,19)15-12-4-3-10-5-6-14-9-11(10)8-12/h3-4,8,14-15H,1-2,5-7,9H2,(H,16,17). The predicted molar refractivity (Wildman–Crippen MR) is 76.1 cm³/mol. The van der Waals surface area contributed by atoms with E-state index in [9.17, 15) is 13.2 Å². The van der Waals surface area contributed by atoms with Crippen LogP contribution in [0.1, 0.15) is 24.0 Å². The number of anilines is 1. The highest BCUT2D eigenvalue weighted by atomic mass is 32.2. The van der Waals surface area contributed by atoms with Gasteiger partial charge in [-0.05, 0) is 42.6 Å². The number of aliphatic carboxylic acids is 1. The fraction of sp³-hybridized carbons (Fsp3) is 0.462. The molecule has 1 heterocycles. The van der Waals surface area contributed by atoms with Crippen molar-refractivity contribution in [2.45, 2.75) is 25.8 Å². The minimum absolute atomic E-state index is 0.108. The van der Waals surface area contributed by atoms with Gasteiger partial charge in [0.25, 0.3) is 0 Å². The first-order chi connectivity index (χ1) is 9.46. The Morgan fingerprint density at radius 3 is 2.90 bits per heavy atom. The molecule has 6 nitrogen and oxygen atoms in total. The number of carbonyl (C=O) groups is 1. The summed E-state index contributed by atoms with van der Waals surface area (Å²) in [5.74, 6) is -1.17. The highest BCUT2D eigenvalue weighted by molar-refractivity contribution is 7.92. The first kappa shape index (κ1) is 14.8. The van der Waals surface area contributed by atoms with E-state index in [1.807, 2.05) is 12.1 Å². The van der Waals surface area contributed by atoms with E-state index in [0.717, 1.165) is 25.1 Å². The third-order valence-corrected chi connectivity index (χ3v) is 4.54. The van der Waals surface area contributed by atoms with Gasteiger partial charge in [-0.15, -0.1) is 0 Å². The summed E-state index contributed by atoms with van der Waals surface area (Å²) in [4.78, 5) is 10.4. The Morgan fingerprint density at radius 2 is 2.15 bits per heavy atom. The summed E-state index contributed by atoms with van der Waals surface area (Å²) >= 11 is 0. The Kier molecular flexibility index (Phi) is 4.61. The van der Waals surface area contributed by atoms with Gasteiger partial charge in [0.15, 0.2) is 0 Å². The molecule has 110 valence electrons. The van der Waals surface area contributed by atoms with Gasteiger partial charge in [0.05, 0.1) is 5.75 Å². The lowest BCUT2D eigenvalue weighted by molar-refractivity contribution is -0.137. The molecular weight excluding hydrogens is 280 g/mol. The second-order valence-electron chi connectivity index (χ2n) is 4.83. The number of fused-ring (bicyclic) bond motifs is 1. The van der Waals surface area contributed by atoms with Gasteiger partial charge < -0.3 is 10.4 Å². The van der Waals surface area contributed by atoms with Gasteiger partial charge in [0.1, 0.15) is 0 Å². The van der Waals surface area contributed by atoms with E-state index in [4.69, 9.17) is 5.11 Å². The molecule has 0 aromatic heterocycles. The van der Waals surface area contributed by atoms with Crippen LogP contribution >= 0.6 is 0 Å². The van der Waals surface area contributed by atoms with Gasteiger partial charge in [-0.3, -0.25) is 9.52 Å². The number of nitrogens with one attached hydrogen (secondary N) is 2. The van der Waals surface area contributed by atoms with Crippen LogP contribution < -0.4 is 10.0 Å². The van der Waals surface area contributed by atoms with Crippen LogP contribution in [0.4, 0.5) is 5.69 Å². The van der Waals surface area contributed by atoms with Crippen molar-refractivity contribution in [2.24, 2.45) is 0 Å². The van der Waals surface area contributed by atoms with Crippen LogP contribution in [0.3, 0.4) is 0 Å². The molecule has 3 N–H and O–H groups in total.